The third-order valence-corrected chi connectivity index (χ3v) is 3.52. The van der Waals surface area contributed by atoms with E-state index in [9.17, 15) is 4.79 Å². The first-order chi connectivity index (χ1) is 8.54. The standard InChI is InChI=1S/C12H10BrClN2O2/c1-6(12(17)18-2)11-7-3-10(14)15-4-8(7)9(13)5-16-11/h3-6H,1-2H3. The van der Waals surface area contributed by atoms with Crippen LogP contribution in [0, 0.1) is 0 Å². The van der Waals surface area contributed by atoms with E-state index in [1.165, 1.54) is 7.11 Å². The Morgan fingerprint density at radius 2 is 2.11 bits per heavy atom. The van der Waals surface area contributed by atoms with E-state index in [0.29, 0.717) is 10.8 Å². The molecule has 0 saturated heterocycles. The number of carbonyl (C=O) groups excluding carboxylic acids is 1. The van der Waals surface area contributed by atoms with Crippen LogP contribution in [0.25, 0.3) is 10.8 Å². The van der Waals surface area contributed by atoms with Crippen molar-refractivity contribution in [3.8, 4) is 0 Å². The van der Waals surface area contributed by atoms with Gasteiger partial charge < -0.3 is 4.74 Å². The number of methoxy groups -OCH3 is 1. The second kappa shape index (κ2) is 5.20. The van der Waals surface area contributed by atoms with E-state index in [2.05, 4.69) is 25.9 Å². The van der Waals surface area contributed by atoms with Crippen molar-refractivity contribution in [3.05, 3.63) is 33.8 Å². The van der Waals surface area contributed by atoms with Gasteiger partial charge in [0.1, 0.15) is 5.15 Å². The fourth-order valence-corrected chi connectivity index (χ4v) is 2.31. The molecule has 1 atom stereocenters. The minimum atomic E-state index is -0.455. The fraction of sp³-hybridized carbons (Fsp3) is 0.250. The number of carbonyl (C=O) groups is 1. The molecule has 6 heteroatoms. The number of esters is 1. The van der Waals surface area contributed by atoms with Gasteiger partial charge in [0.05, 0.1) is 18.7 Å². The molecule has 2 heterocycles. The van der Waals surface area contributed by atoms with E-state index in [1.807, 2.05) is 0 Å². The maximum Gasteiger partial charge on any atom is 0.314 e. The molecule has 18 heavy (non-hydrogen) atoms. The maximum atomic E-state index is 11.6. The summed E-state index contributed by atoms with van der Waals surface area (Å²) >= 11 is 9.29. The molecule has 0 aliphatic carbocycles. The highest BCUT2D eigenvalue weighted by Gasteiger charge is 2.20. The van der Waals surface area contributed by atoms with Crippen molar-refractivity contribution in [3.63, 3.8) is 0 Å². The number of nitrogens with zero attached hydrogens (tertiary/aromatic N) is 2. The summed E-state index contributed by atoms with van der Waals surface area (Å²) in [7, 11) is 1.36. The van der Waals surface area contributed by atoms with Gasteiger partial charge in [0.15, 0.2) is 0 Å². The van der Waals surface area contributed by atoms with Crippen LogP contribution in [0.5, 0.6) is 0 Å². The van der Waals surface area contributed by atoms with Crippen LogP contribution in [0.15, 0.2) is 22.9 Å². The smallest absolute Gasteiger partial charge is 0.314 e. The molecule has 0 saturated carbocycles. The largest absolute Gasteiger partial charge is 0.469 e. The zero-order valence-electron chi connectivity index (χ0n) is 9.78. The molecule has 4 nitrogen and oxygen atoms in total. The van der Waals surface area contributed by atoms with Gasteiger partial charge in [-0.3, -0.25) is 9.78 Å². The number of halogens is 2. The van der Waals surface area contributed by atoms with Crippen molar-refractivity contribution in [2.24, 2.45) is 0 Å². The van der Waals surface area contributed by atoms with Crippen LogP contribution in [0.4, 0.5) is 0 Å². The van der Waals surface area contributed by atoms with E-state index in [0.717, 1.165) is 15.2 Å². The van der Waals surface area contributed by atoms with Gasteiger partial charge >= 0.3 is 5.97 Å². The highest BCUT2D eigenvalue weighted by Crippen LogP contribution is 2.30. The molecule has 0 aliphatic heterocycles. The Bertz CT molecular complexity index is 618. The summed E-state index contributed by atoms with van der Waals surface area (Å²) in [5, 5.41) is 2.02. The Hall–Kier alpha value is -1.20. The maximum absolute atomic E-state index is 11.6. The van der Waals surface area contributed by atoms with Crippen LogP contribution in [0.2, 0.25) is 5.15 Å². The first kappa shape index (κ1) is 13.2. The van der Waals surface area contributed by atoms with E-state index < -0.39 is 5.92 Å². The Balaban J connectivity index is 2.68. The lowest BCUT2D eigenvalue weighted by molar-refractivity contribution is -0.142. The molecule has 1 unspecified atom stereocenters. The zero-order valence-corrected chi connectivity index (χ0v) is 12.1. The summed E-state index contributed by atoms with van der Waals surface area (Å²) in [4.78, 5) is 19.9. The van der Waals surface area contributed by atoms with Gasteiger partial charge in [-0.05, 0) is 28.9 Å². The molecule has 2 rings (SSSR count). The van der Waals surface area contributed by atoms with Crippen molar-refractivity contribution >= 4 is 44.3 Å². The minimum absolute atomic E-state index is 0.334. The second-order valence-electron chi connectivity index (χ2n) is 3.79. The number of aromatic nitrogens is 2. The van der Waals surface area contributed by atoms with Crippen molar-refractivity contribution in [2.75, 3.05) is 7.11 Å². The van der Waals surface area contributed by atoms with Gasteiger partial charge in [0.2, 0.25) is 0 Å². The van der Waals surface area contributed by atoms with Crippen molar-refractivity contribution < 1.29 is 9.53 Å². The lowest BCUT2D eigenvalue weighted by Gasteiger charge is -2.12. The van der Waals surface area contributed by atoms with E-state index in [-0.39, 0.29) is 5.97 Å². The number of ether oxygens (including phenoxy) is 1. The van der Waals surface area contributed by atoms with Gasteiger partial charge in [-0.2, -0.15) is 0 Å². The van der Waals surface area contributed by atoms with Crippen molar-refractivity contribution in [1.29, 1.82) is 0 Å². The predicted octanol–water partition coefficient (Wildman–Crippen LogP) is 3.32. The highest BCUT2D eigenvalue weighted by molar-refractivity contribution is 9.10. The summed E-state index contributed by atoms with van der Waals surface area (Å²) in [6, 6.07) is 1.70. The van der Waals surface area contributed by atoms with Gasteiger partial charge in [-0.15, -0.1) is 0 Å². The summed E-state index contributed by atoms with van der Waals surface area (Å²) in [5.41, 5.74) is 0.629. The molecule has 0 amide bonds. The fourth-order valence-electron chi connectivity index (χ4n) is 1.73. The average Bonchev–Trinajstić information content (AvgIpc) is 2.37. The van der Waals surface area contributed by atoms with Crippen molar-refractivity contribution in [1.82, 2.24) is 9.97 Å². The zero-order chi connectivity index (χ0) is 13.3. The SMILES string of the molecule is COC(=O)C(C)c1ncc(Br)c2cnc(Cl)cc12. The number of hydrogen-bond donors (Lipinski definition) is 0. The van der Waals surface area contributed by atoms with Crippen LogP contribution in [0.3, 0.4) is 0 Å². The van der Waals surface area contributed by atoms with Gasteiger partial charge in [0, 0.05) is 27.6 Å². The van der Waals surface area contributed by atoms with Crippen LogP contribution >= 0.6 is 27.5 Å². The van der Waals surface area contributed by atoms with Crippen molar-refractivity contribution in [2.45, 2.75) is 12.8 Å². The minimum Gasteiger partial charge on any atom is -0.469 e. The number of hydrogen-bond acceptors (Lipinski definition) is 4. The monoisotopic (exact) mass is 328 g/mol. The topological polar surface area (TPSA) is 52.1 Å². The van der Waals surface area contributed by atoms with E-state index in [1.54, 1.807) is 25.4 Å². The van der Waals surface area contributed by atoms with Crippen LogP contribution in [-0.2, 0) is 9.53 Å². The number of rotatable bonds is 2. The molecule has 0 fully saturated rings. The molecule has 0 aromatic carbocycles. The molecule has 0 radical (unpaired) electrons. The summed E-state index contributed by atoms with van der Waals surface area (Å²) in [5.74, 6) is -0.789. The molecule has 0 aliphatic rings. The number of pyridine rings is 2. The lowest BCUT2D eigenvalue weighted by atomic mass is 10.0. The lowest BCUT2D eigenvalue weighted by Crippen LogP contribution is -2.12. The molecule has 94 valence electrons. The molecule has 2 aromatic heterocycles. The summed E-state index contributed by atoms with van der Waals surface area (Å²) in [6.07, 6.45) is 3.30. The average molecular weight is 330 g/mol. The quantitative estimate of drug-likeness (QED) is 0.626. The van der Waals surface area contributed by atoms with E-state index >= 15 is 0 Å². The molecule has 0 bridgehead atoms. The summed E-state index contributed by atoms with van der Waals surface area (Å²) < 4.78 is 5.54. The normalized spacial score (nSPS) is 12.4. The first-order valence-electron chi connectivity index (χ1n) is 5.22. The third kappa shape index (κ3) is 2.33. The van der Waals surface area contributed by atoms with Gasteiger partial charge in [-0.25, -0.2) is 4.98 Å². The third-order valence-electron chi connectivity index (χ3n) is 2.69. The Morgan fingerprint density at radius 1 is 1.39 bits per heavy atom. The molecular weight excluding hydrogens is 320 g/mol. The van der Waals surface area contributed by atoms with Crippen LogP contribution in [0.1, 0.15) is 18.5 Å². The van der Waals surface area contributed by atoms with Gasteiger partial charge in [0.25, 0.3) is 0 Å². The second-order valence-corrected chi connectivity index (χ2v) is 5.03. The Morgan fingerprint density at radius 3 is 2.78 bits per heavy atom. The van der Waals surface area contributed by atoms with E-state index in [4.69, 9.17) is 16.3 Å². The Labute approximate surface area is 117 Å². The first-order valence-corrected chi connectivity index (χ1v) is 6.39. The molecule has 0 spiro atoms. The Kier molecular flexibility index (Phi) is 3.82. The number of fused-ring (bicyclic) bond motifs is 1. The van der Waals surface area contributed by atoms with Crippen LogP contribution < -0.4 is 0 Å². The van der Waals surface area contributed by atoms with Gasteiger partial charge in [-0.1, -0.05) is 11.6 Å². The molecule has 2 aromatic rings. The summed E-state index contributed by atoms with van der Waals surface area (Å²) in [6.45, 7) is 1.75. The molecule has 0 N–H and O–H groups in total. The van der Waals surface area contributed by atoms with Crippen LogP contribution in [-0.4, -0.2) is 23.0 Å². The predicted molar refractivity (Wildman–Crippen MR) is 72.7 cm³/mol. The highest BCUT2D eigenvalue weighted by atomic mass is 79.9. The molecular formula is C12H10BrClN2O2.